The number of carbonyl (C=O) groups excluding carboxylic acids is 3. The van der Waals surface area contributed by atoms with Crippen LogP contribution in [0.5, 0.6) is 0 Å². The predicted molar refractivity (Wildman–Crippen MR) is 105 cm³/mol. The summed E-state index contributed by atoms with van der Waals surface area (Å²) in [7, 11) is 0. The Hall–Kier alpha value is -1.83. The van der Waals surface area contributed by atoms with Crippen LogP contribution in [0.15, 0.2) is 0 Å². The van der Waals surface area contributed by atoms with Gasteiger partial charge in [0.05, 0.1) is 12.0 Å². The van der Waals surface area contributed by atoms with Gasteiger partial charge in [0.25, 0.3) is 0 Å². The summed E-state index contributed by atoms with van der Waals surface area (Å²) >= 11 is 0. The number of aliphatic hydroxyl groups is 1. The van der Waals surface area contributed by atoms with Crippen LogP contribution >= 0.6 is 0 Å². The van der Waals surface area contributed by atoms with E-state index < -0.39 is 29.7 Å². The Morgan fingerprint density at radius 1 is 1.14 bits per heavy atom. The smallest absolute Gasteiger partial charge is 0.407 e. The minimum atomic E-state index is -0.875. The summed E-state index contributed by atoms with van der Waals surface area (Å²) in [5, 5.41) is 15.8. The van der Waals surface area contributed by atoms with Gasteiger partial charge in [-0.3, -0.25) is 9.59 Å². The van der Waals surface area contributed by atoms with E-state index in [1.165, 1.54) is 6.92 Å². The van der Waals surface area contributed by atoms with E-state index in [1.54, 1.807) is 20.8 Å². The second kappa shape index (κ2) is 10.6. The predicted octanol–water partition coefficient (Wildman–Crippen LogP) is 2.13. The zero-order valence-corrected chi connectivity index (χ0v) is 17.9. The molecule has 0 unspecified atom stereocenters. The first kappa shape index (κ1) is 24.2. The molecule has 1 aliphatic rings. The molecule has 1 saturated carbocycles. The molecular formula is C20H36N2O6. The standard InChI is InChI=1S/C20H36N2O6/c1-7-13(11-21-12(3)23)17(8-2)27-18(25)15-9-14(10-16(15)24)22-19(26)28-20(4,5)6/h13-17,24H,7-11H2,1-6H3,(H,21,23)(H,22,26)/t13-,14+,15+,16+,17+/m0/s1. The molecule has 0 spiro atoms. The fraction of sp³-hybridized carbons (Fsp3) is 0.850. The second-order valence-electron chi connectivity index (χ2n) is 8.48. The summed E-state index contributed by atoms with van der Waals surface area (Å²) in [6, 6.07) is -0.344. The van der Waals surface area contributed by atoms with Gasteiger partial charge in [-0.05, 0) is 46.5 Å². The highest BCUT2D eigenvalue weighted by atomic mass is 16.6. The van der Waals surface area contributed by atoms with E-state index in [9.17, 15) is 19.5 Å². The maximum atomic E-state index is 12.6. The van der Waals surface area contributed by atoms with E-state index >= 15 is 0 Å². The van der Waals surface area contributed by atoms with E-state index in [2.05, 4.69) is 10.6 Å². The molecule has 1 fully saturated rings. The molecule has 0 bridgehead atoms. The number of ether oxygens (including phenoxy) is 2. The normalized spacial score (nSPS) is 24.2. The lowest BCUT2D eigenvalue weighted by Crippen LogP contribution is -2.39. The summed E-state index contributed by atoms with van der Waals surface area (Å²) in [6.45, 7) is 11.1. The van der Waals surface area contributed by atoms with Gasteiger partial charge in [0.15, 0.2) is 0 Å². The fourth-order valence-electron chi connectivity index (χ4n) is 3.42. The van der Waals surface area contributed by atoms with Crippen molar-refractivity contribution in [3.63, 3.8) is 0 Å². The average Bonchev–Trinajstić information content (AvgIpc) is 2.92. The first-order chi connectivity index (χ1) is 13.0. The van der Waals surface area contributed by atoms with Gasteiger partial charge in [0, 0.05) is 25.4 Å². The van der Waals surface area contributed by atoms with Gasteiger partial charge in [-0.25, -0.2) is 4.79 Å². The molecule has 0 aromatic rings. The summed E-state index contributed by atoms with van der Waals surface area (Å²) in [4.78, 5) is 35.7. The summed E-state index contributed by atoms with van der Waals surface area (Å²) in [5.74, 6) is -1.27. The van der Waals surface area contributed by atoms with E-state index in [0.717, 1.165) is 6.42 Å². The van der Waals surface area contributed by atoms with Crippen LogP contribution in [0.2, 0.25) is 0 Å². The number of hydrogen-bond donors (Lipinski definition) is 3. The zero-order valence-electron chi connectivity index (χ0n) is 17.9. The minimum absolute atomic E-state index is 0.00656. The van der Waals surface area contributed by atoms with Crippen molar-refractivity contribution in [2.24, 2.45) is 11.8 Å². The molecule has 1 rings (SSSR count). The Balaban J connectivity index is 2.62. The molecule has 0 radical (unpaired) electrons. The van der Waals surface area contributed by atoms with Crippen molar-refractivity contribution in [3.8, 4) is 0 Å². The molecule has 8 nitrogen and oxygen atoms in total. The highest BCUT2D eigenvalue weighted by Gasteiger charge is 2.41. The lowest BCUT2D eigenvalue weighted by atomic mass is 9.96. The number of carbonyl (C=O) groups is 3. The molecule has 0 aliphatic heterocycles. The monoisotopic (exact) mass is 400 g/mol. The van der Waals surface area contributed by atoms with Crippen molar-refractivity contribution < 1.29 is 29.0 Å². The molecule has 0 aromatic carbocycles. The molecule has 8 heteroatoms. The summed E-state index contributed by atoms with van der Waals surface area (Å²) < 4.78 is 10.9. The number of amides is 2. The number of hydrogen-bond acceptors (Lipinski definition) is 6. The molecular weight excluding hydrogens is 364 g/mol. The number of esters is 1. The minimum Gasteiger partial charge on any atom is -0.462 e. The van der Waals surface area contributed by atoms with Crippen LogP contribution in [0.3, 0.4) is 0 Å². The topological polar surface area (TPSA) is 114 Å². The van der Waals surface area contributed by atoms with Gasteiger partial charge < -0.3 is 25.2 Å². The molecule has 0 saturated heterocycles. The Labute approximate surface area is 167 Å². The molecule has 2 amide bonds. The van der Waals surface area contributed by atoms with Gasteiger partial charge in [0.2, 0.25) is 5.91 Å². The lowest BCUT2D eigenvalue weighted by Gasteiger charge is -2.27. The molecule has 0 heterocycles. The molecule has 3 N–H and O–H groups in total. The molecule has 5 atom stereocenters. The SMILES string of the molecule is CC[C@@H](CNC(C)=O)[C@@H](CC)OC(=O)[C@@H]1C[C@@H](NC(=O)OC(C)(C)C)C[C@H]1O. The van der Waals surface area contributed by atoms with Crippen LogP contribution in [0.25, 0.3) is 0 Å². The summed E-state index contributed by atoms with van der Waals surface area (Å²) in [6.07, 6.45) is 0.173. The van der Waals surface area contributed by atoms with Gasteiger partial charge >= 0.3 is 12.1 Å². The van der Waals surface area contributed by atoms with Gasteiger partial charge in [-0.2, -0.15) is 0 Å². The quantitative estimate of drug-likeness (QED) is 0.538. The highest BCUT2D eigenvalue weighted by molar-refractivity contribution is 5.75. The van der Waals surface area contributed by atoms with E-state index in [1.807, 2.05) is 13.8 Å². The van der Waals surface area contributed by atoms with Crippen molar-refractivity contribution in [3.05, 3.63) is 0 Å². The van der Waals surface area contributed by atoms with Crippen molar-refractivity contribution in [1.82, 2.24) is 10.6 Å². The Morgan fingerprint density at radius 3 is 2.29 bits per heavy atom. The Morgan fingerprint density at radius 2 is 1.79 bits per heavy atom. The highest BCUT2D eigenvalue weighted by Crippen LogP contribution is 2.29. The maximum absolute atomic E-state index is 12.6. The Bertz CT molecular complexity index is 545. The van der Waals surface area contributed by atoms with Gasteiger partial charge in [0.1, 0.15) is 11.7 Å². The van der Waals surface area contributed by atoms with Crippen molar-refractivity contribution >= 4 is 18.0 Å². The Kier molecular flexibility index (Phi) is 9.20. The maximum Gasteiger partial charge on any atom is 0.407 e. The van der Waals surface area contributed by atoms with Crippen LogP contribution < -0.4 is 10.6 Å². The fourth-order valence-corrected chi connectivity index (χ4v) is 3.42. The number of aliphatic hydroxyl groups excluding tert-OH is 1. The van der Waals surface area contributed by atoms with Crippen LogP contribution in [0.4, 0.5) is 4.79 Å². The summed E-state index contributed by atoms with van der Waals surface area (Å²) in [5.41, 5.74) is -0.614. The zero-order chi connectivity index (χ0) is 21.5. The van der Waals surface area contributed by atoms with Crippen LogP contribution in [0.1, 0.15) is 67.2 Å². The van der Waals surface area contributed by atoms with Gasteiger partial charge in [-0.1, -0.05) is 13.8 Å². The van der Waals surface area contributed by atoms with E-state index in [-0.39, 0.29) is 30.4 Å². The van der Waals surface area contributed by atoms with Crippen molar-refractivity contribution in [2.75, 3.05) is 6.54 Å². The first-order valence-electron chi connectivity index (χ1n) is 10.1. The average molecular weight is 401 g/mol. The van der Waals surface area contributed by atoms with Crippen LogP contribution in [-0.2, 0) is 19.1 Å². The third-order valence-electron chi connectivity index (χ3n) is 4.89. The number of alkyl carbamates (subject to hydrolysis) is 1. The molecule has 0 aromatic heterocycles. The molecule has 1 aliphatic carbocycles. The van der Waals surface area contributed by atoms with Crippen molar-refractivity contribution in [1.29, 1.82) is 0 Å². The largest absolute Gasteiger partial charge is 0.462 e. The first-order valence-corrected chi connectivity index (χ1v) is 10.1. The molecule has 28 heavy (non-hydrogen) atoms. The van der Waals surface area contributed by atoms with Crippen LogP contribution in [-0.4, -0.2) is 53.5 Å². The lowest BCUT2D eigenvalue weighted by molar-refractivity contribution is -0.160. The number of rotatable bonds is 8. The van der Waals surface area contributed by atoms with Gasteiger partial charge in [-0.15, -0.1) is 0 Å². The van der Waals surface area contributed by atoms with E-state index in [4.69, 9.17) is 9.47 Å². The second-order valence-corrected chi connectivity index (χ2v) is 8.48. The third kappa shape index (κ3) is 8.04. The third-order valence-corrected chi connectivity index (χ3v) is 4.89. The molecule has 162 valence electrons. The van der Waals surface area contributed by atoms with Crippen molar-refractivity contribution in [2.45, 2.75) is 91.1 Å². The number of nitrogens with one attached hydrogen (secondary N) is 2. The van der Waals surface area contributed by atoms with E-state index in [0.29, 0.717) is 19.4 Å². The van der Waals surface area contributed by atoms with Crippen LogP contribution in [0, 0.1) is 11.8 Å².